The van der Waals surface area contributed by atoms with E-state index in [0.29, 0.717) is 31.4 Å². The summed E-state index contributed by atoms with van der Waals surface area (Å²) in [6.07, 6.45) is 1.29. The molecule has 0 radical (unpaired) electrons. The maximum Gasteiger partial charge on any atom is 0.243 e. The largest absolute Gasteiger partial charge is 0.497 e. The number of amides is 1. The zero-order valence-electron chi connectivity index (χ0n) is 19.1. The van der Waals surface area contributed by atoms with Crippen LogP contribution in [-0.4, -0.2) is 53.8 Å². The van der Waals surface area contributed by atoms with Gasteiger partial charge in [-0.15, -0.1) is 5.10 Å². The van der Waals surface area contributed by atoms with Crippen molar-refractivity contribution in [2.45, 2.75) is 44.2 Å². The van der Waals surface area contributed by atoms with Gasteiger partial charge in [0.15, 0.2) is 0 Å². The molecule has 1 fully saturated rings. The monoisotopic (exact) mass is 471 g/mol. The normalized spacial score (nSPS) is 17.4. The lowest BCUT2D eigenvalue weighted by Crippen LogP contribution is -2.45. The van der Waals surface area contributed by atoms with Gasteiger partial charge < -0.3 is 10.1 Å². The molecule has 0 spiro atoms. The standard InChI is InChI=1S/C23H29N5O4S/c1-16(2)28-22-11-10-20(13-21(22)25-26-28)33(30,31)27-12-4-5-18(15-27)23(29)24-14-17-6-8-19(32-3)9-7-17/h6-11,13,16,18H,4-5,12,14-15H2,1-3H3,(H,24,29)/t18-/m0/s1. The molecule has 1 aliphatic heterocycles. The topological polar surface area (TPSA) is 106 Å². The maximum absolute atomic E-state index is 13.3. The first-order valence-corrected chi connectivity index (χ1v) is 12.5. The molecule has 0 aliphatic carbocycles. The number of fused-ring (bicyclic) bond motifs is 1. The summed E-state index contributed by atoms with van der Waals surface area (Å²) in [6.45, 7) is 4.92. The van der Waals surface area contributed by atoms with Gasteiger partial charge in [0.05, 0.1) is 23.4 Å². The van der Waals surface area contributed by atoms with Crippen LogP contribution < -0.4 is 10.1 Å². The van der Waals surface area contributed by atoms with Crippen molar-refractivity contribution in [2.75, 3.05) is 20.2 Å². The Bertz CT molecular complexity index is 1240. The average Bonchev–Trinajstić information content (AvgIpc) is 3.26. The number of methoxy groups -OCH3 is 1. The van der Waals surface area contributed by atoms with E-state index >= 15 is 0 Å². The van der Waals surface area contributed by atoms with Gasteiger partial charge in [-0.1, -0.05) is 17.3 Å². The third-order valence-corrected chi connectivity index (χ3v) is 7.81. The number of benzene rings is 2. The SMILES string of the molecule is COc1ccc(CNC(=O)[C@H]2CCCN(S(=O)(=O)c3ccc4c(c3)nnn4C(C)C)C2)cc1. The van der Waals surface area contributed by atoms with Crippen LogP contribution in [0.25, 0.3) is 11.0 Å². The second-order valence-corrected chi connectivity index (χ2v) is 10.5. The summed E-state index contributed by atoms with van der Waals surface area (Å²) in [5.74, 6) is 0.224. The van der Waals surface area contributed by atoms with Gasteiger partial charge in [-0.05, 0) is 62.6 Å². The number of rotatable bonds is 7. The molecule has 2 aromatic carbocycles. The van der Waals surface area contributed by atoms with E-state index in [1.807, 2.05) is 38.1 Å². The van der Waals surface area contributed by atoms with Gasteiger partial charge in [0.2, 0.25) is 15.9 Å². The molecular weight excluding hydrogens is 442 g/mol. The molecule has 4 rings (SSSR count). The number of aromatic nitrogens is 3. The molecule has 0 saturated carbocycles. The van der Waals surface area contributed by atoms with Gasteiger partial charge in [0.25, 0.3) is 0 Å². The number of nitrogens with one attached hydrogen (secondary N) is 1. The Kier molecular flexibility index (Phi) is 6.66. The van der Waals surface area contributed by atoms with E-state index in [1.165, 1.54) is 4.31 Å². The zero-order valence-corrected chi connectivity index (χ0v) is 19.9. The van der Waals surface area contributed by atoms with Crippen LogP contribution in [0.3, 0.4) is 0 Å². The minimum Gasteiger partial charge on any atom is -0.497 e. The third-order valence-electron chi connectivity index (χ3n) is 5.95. The Morgan fingerprint density at radius 3 is 2.67 bits per heavy atom. The third kappa shape index (κ3) is 4.86. The van der Waals surface area contributed by atoms with Crippen molar-refractivity contribution in [2.24, 2.45) is 5.92 Å². The Labute approximate surface area is 193 Å². The van der Waals surface area contributed by atoms with Gasteiger partial charge in [0, 0.05) is 25.7 Å². The Balaban J connectivity index is 1.44. The lowest BCUT2D eigenvalue weighted by atomic mass is 9.99. The fourth-order valence-corrected chi connectivity index (χ4v) is 5.61. The summed E-state index contributed by atoms with van der Waals surface area (Å²) in [5, 5.41) is 11.2. The molecular formula is C23H29N5O4S. The van der Waals surface area contributed by atoms with E-state index in [9.17, 15) is 13.2 Å². The molecule has 0 bridgehead atoms. The summed E-state index contributed by atoms with van der Waals surface area (Å²) >= 11 is 0. The van der Waals surface area contributed by atoms with Gasteiger partial charge in [-0.2, -0.15) is 4.31 Å². The highest BCUT2D eigenvalue weighted by molar-refractivity contribution is 7.89. The molecule has 9 nitrogen and oxygen atoms in total. The highest BCUT2D eigenvalue weighted by atomic mass is 32.2. The molecule has 2 heterocycles. The summed E-state index contributed by atoms with van der Waals surface area (Å²) in [4.78, 5) is 12.9. The summed E-state index contributed by atoms with van der Waals surface area (Å²) in [6, 6.07) is 12.5. The van der Waals surface area contributed by atoms with E-state index in [1.54, 1.807) is 30.0 Å². The molecule has 1 amide bonds. The van der Waals surface area contributed by atoms with Crippen LogP contribution in [-0.2, 0) is 21.4 Å². The van der Waals surface area contributed by atoms with E-state index in [-0.39, 0.29) is 23.4 Å². The van der Waals surface area contributed by atoms with E-state index in [0.717, 1.165) is 16.8 Å². The lowest BCUT2D eigenvalue weighted by molar-refractivity contribution is -0.126. The number of piperidine rings is 1. The molecule has 1 N–H and O–H groups in total. The quantitative estimate of drug-likeness (QED) is 0.568. The first-order chi connectivity index (χ1) is 15.8. The van der Waals surface area contributed by atoms with Crippen LogP contribution in [0, 0.1) is 5.92 Å². The predicted octanol–water partition coefficient (Wildman–Crippen LogP) is 2.74. The molecule has 1 saturated heterocycles. The fourth-order valence-electron chi connectivity index (χ4n) is 4.06. The smallest absolute Gasteiger partial charge is 0.243 e. The molecule has 33 heavy (non-hydrogen) atoms. The highest BCUT2D eigenvalue weighted by Crippen LogP contribution is 2.26. The van der Waals surface area contributed by atoms with E-state index < -0.39 is 15.9 Å². The number of hydrogen-bond donors (Lipinski definition) is 1. The lowest BCUT2D eigenvalue weighted by Gasteiger charge is -2.31. The number of ether oxygens (including phenoxy) is 1. The van der Waals surface area contributed by atoms with Gasteiger partial charge in [-0.25, -0.2) is 13.1 Å². The predicted molar refractivity (Wildman–Crippen MR) is 124 cm³/mol. The second kappa shape index (κ2) is 9.48. The van der Waals surface area contributed by atoms with Crippen molar-refractivity contribution in [1.29, 1.82) is 0 Å². The first-order valence-electron chi connectivity index (χ1n) is 11.1. The summed E-state index contributed by atoms with van der Waals surface area (Å²) in [7, 11) is -2.14. The molecule has 3 aromatic rings. The zero-order chi connectivity index (χ0) is 23.6. The minimum absolute atomic E-state index is 0.122. The van der Waals surface area contributed by atoms with E-state index in [2.05, 4.69) is 15.6 Å². The van der Waals surface area contributed by atoms with Crippen molar-refractivity contribution < 1.29 is 17.9 Å². The number of carbonyl (C=O) groups excluding carboxylic acids is 1. The number of sulfonamides is 1. The first kappa shape index (κ1) is 23.2. The second-order valence-electron chi connectivity index (χ2n) is 8.55. The van der Waals surface area contributed by atoms with E-state index in [4.69, 9.17) is 4.74 Å². The van der Waals surface area contributed by atoms with Crippen LogP contribution >= 0.6 is 0 Å². The highest BCUT2D eigenvalue weighted by Gasteiger charge is 2.33. The molecule has 1 aliphatic rings. The molecule has 0 unspecified atom stereocenters. The Hall–Kier alpha value is -2.98. The van der Waals surface area contributed by atoms with Crippen LogP contribution in [0.1, 0.15) is 38.3 Å². The van der Waals surface area contributed by atoms with Crippen molar-refractivity contribution in [3.63, 3.8) is 0 Å². The van der Waals surface area contributed by atoms with Crippen LogP contribution in [0.2, 0.25) is 0 Å². The Morgan fingerprint density at radius 2 is 1.97 bits per heavy atom. The van der Waals surface area contributed by atoms with Crippen LogP contribution in [0.4, 0.5) is 0 Å². The summed E-state index contributed by atoms with van der Waals surface area (Å²) < 4.78 is 34.9. The van der Waals surface area contributed by atoms with Crippen LogP contribution in [0.5, 0.6) is 5.75 Å². The van der Waals surface area contributed by atoms with Crippen molar-refractivity contribution >= 4 is 27.0 Å². The van der Waals surface area contributed by atoms with Gasteiger partial charge >= 0.3 is 0 Å². The number of hydrogen-bond acceptors (Lipinski definition) is 6. The molecule has 1 aromatic heterocycles. The summed E-state index contributed by atoms with van der Waals surface area (Å²) in [5.41, 5.74) is 2.28. The fraction of sp³-hybridized carbons (Fsp3) is 0.435. The molecule has 176 valence electrons. The maximum atomic E-state index is 13.3. The average molecular weight is 472 g/mol. The minimum atomic E-state index is -3.74. The molecule has 1 atom stereocenters. The molecule has 10 heteroatoms. The van der Waals surface area contributed by atoms with Crippen molar-refractivity contribution in [1.82, 2.24) is 24.6 Å². The van der Waals surface area contributed by atoms with Crippen molar-refractivity contribution in [3.8, 4) is 5.75 Å². The van der Waals surface area contributed by atoms with Crippen LogP contribution in [0.15, 0.2) is 47.4 Å². The Morgan fingerprint density at radius 1 is 1.21 bits per heavy atom. The van der Waals surface area contributed by atoms with Gasteiger partial charge in [0.1, 0.15) is 11.3 Å². The number of nitrogens with zero attached hydrogens (tertiary/aromatic N) is 4. The van der Waals surface area contributed by atoms with Gasteiger partial charge in [-0.3, -0.25) is 4.79 Å². The number of carbonyl (C=O) groups is 1. The van der Waals surface area contributed by atoms with Crippen molar-refractivity contribution in [3.05, 3.63) is 48.0 Å².